The van der Waals surface area contributed by atoms with Crippen molar-refractivity contribution in [3.8, 4) is 39.3 Å². The third-order valence-corrected chi connectivity index (χ3v) is 12.3. The molecule has 5 nitrogen and oxygen atoms in total. The van der Waals surface area contributed by atoms with Crippen LogP contribution in [-0.4, -0.2) is 13.7 Å². The molecular weight excluding hydrogens is 743 g/mol. The van der Waals surface area contributed by atoms with Crippen LogP contribution >= 0.6 is 0 Å². The monoisotopic (exact) mass is 775 g/mol. The summed E-state index contributed by atoms with van der Waals surface area (Å²) in [6, 6.07) is 70.2. The zero-order valence-electron chi connectivity index (χ0n) is 32.8. The molecule has 0 bridgehead atoms. The Bertz CT molecular complexity index is 3790. The Morgan fingerprint density at radius 2 is 0.787 bits per heavy atom. The first-order valence-electron chi connectivity index (χ1n) is 20.3. The van der Waals surface area contributed by atoms with Crippen LogP contribution < -0.4 is 0 Å². The Labute approximate surface area is 351 Å². The van der Waals surface area contributed by atoms with Gasteiger partial charge in [-0.3, -0.25) is 0 Å². The minimum Gasteiger partial charge on any atom is -0.309 e. The Hall–Kier alpha value is -8.64. The molecule has 0 fully saturated rings. The van der Waals surface area contributed by atoms with Crippen molar-refractivity contribution < 1.29 is 0 Å². The number of nitrogens with zero attached hydrogens (tertiary/aromatic N) is 5. The lowest BCUT2D eigenvalue weighted by Gasteiger charge is -2.14. The molecular formula is C56H33N5. The van der Waals surface area contributed by atoms with Gasteiger partial charge in [-0.25, -0.2) is 9.69 Å². The van der Waals surface area contributed by atoms with Gasteiger partial charge in [0.25, 0.3) is 0 Å². The Morgan fingerprint density at radius 3 is 1.44 bits per heavy atom. The Balaban J connectivity index is 1.02. The van der Waals surface area contributed by atoms with Crippen molar-refractivity contribution >= 4 is 76.8 Å². The fourth-order valence-corrected chi connectivity index (χ4v) is 9.55. The Morgan fingerprint density at radius 1 is 0.295 bits per heavy atom. The van der Waals surface area contributed by atoms with Gasteiger partial charge in [-0.1, -0.05) is 115 Å². The molecule has 0 saturated heterocycles. The van der Waals surface area contributed by atoms with Gasteiger partial charge in [-0.05, 0) is 113 Å². The van der Waals surface area contributed by atoms with Crippen molar-refractivity contribution in [3.05, 3.63) is 223 Å². The second-order valence-electron chi connectivity index (χ2n) is 15.5. The molecule has 0 aliphatic rings. The highest BCUT2D eigenvalue weighted by atomic mass is 15.0. The van der Waals surface area contributed by atoms with Crippen LogP contribution in [0, 0.1) is 13.1 Å². The van der Waals surface area contributed by atoms with Crippen molar-refractivity contribution in [3.63, 3.8) is 0 Å². The minimum atomic E-state index is 0.590. The van der Waals surface area contributed by atoms with E-state index in [-0.39, 0.29) is 0 Å². The molecule has 282 valence electrons. The summed E-state index contributed by atoms with van der Waals surface area (Å²) in [4.78, 5) is 7.81. The van der Waals surface area contributed by atoms with Gasteiger partial charge >= 0.3 is 0 Å². The summed E-state index contributed by atoms with van der Waals surface area (Å²) in [6.07, 6.45) is 0. The number of rotatable bonds is 5. The third-order valence-electron chi connectivity index (χ3n) is 12.3. The number of hydrogen-bond donors (Lipinski definition) is 0. The van der Waals surface area contributed by atoms with E-state index >= 15 is 0 Å². The van der Waals surface area contributed by atoms with Crippen LogP contribution in [0.3, 0.4) is 0 Å². The maximum atomic E-state index is 8.27. The van der Waals surface area contributed by atoms with Gasteiger partial charge in [0, 0.05) is 44.0 Å². The highest BCUT2D eigenvalue weighted by Crippen LogP contribution is 2.41. The summed E-state index contributed by atoms with van der Waals surface area (Å²) >= 11 is 0. The van der Waals surface area contributed by atoms with E-state index in [9.17, 15) is 0 Å². The van der Waals surface area contributed by atoms with Crippen molar-refractivity contribution in [2.75, 3.05) is 0 Å². The molecule has 0 aliphatic carbocycles. The summed E-state index contributed by atoms with van der Waals surface area (Å²) in [5, 5.41) is 6.92. The zero-order valence-corrected chi connectivity index (χ0v) is 32.8. The Kier molecular flexibility index (Phi) is 7.59. The lowest BCUT2D eigenvalue weighted by atomic mass is 10.0. The molecule has 0 N–H and O–H groups in total. The second-order valence-corrected chi connectivity index (χ2v) is 15.5. The van der Waals surface area contributed by atoms with Crippen molar-refractivity contribution in [1.29, 1.82) is 0 Å². The third kappa shape index (κ3) is 5.25. The molecule has 12 aromatic rings. The standard InChI is InChI=1S/C56H33N5/c1-57-39-24-29-55-48(33-39)47-32-37(36-13-4-3-5-14-36)23-28-54(47)59(55)40-16-12-15-38(31-40)46-34-41(25-27-50(46)58-2)61-53-22-11-8-19-45(53)49-35-42(26-30-56(49)61)60-51-20-9-6-17-43(51)44-18-7-10-21-52(44)60/h3-35H. The van der Waals surface area contributed by atoms with E-state index in [2.05, 4.69) is 199 Å². The molecule has 61 heavy (non-hydrogen) atoms. The van der Waals surface area contributed by atoms with E-state index in [0.717, 1.165) is 77.5 Å². The zero-order chi connectivity index (χ0) is 40.6. The summed E-state index contributed by atoms with van der Waals surface area (Å²) in [6.45, 7) is 16.1. The molecule has 12 rings (SSSR count). The lowest BCUT2D eigenvalue weighted by Crippen LogP contribution is -1.97. The molecule has 0 atom stereocenters. The fourth-order valence-electron chi connectivity index (χ4n) is 9.55. The quantitative estimate of drug-likeness (QED) is 0.156. The highest BCUT2D eigenvalue weighted by molar-refractivity contribution is 6.13. The number of benzene rings is 9. The smallest absolute Gasteiger partial charge is 0.195 e. The van der Waals surface area contributed by atoms with Gasteiger partial charge in [0.1, 0.15) is 0 Å². The molecule has 0 unspecified atom stereocenters. The first-order valence-corrected chi connectivity index (χ1v) is 20.3. The van der Waals surface area contributed by atoms with Gasteiger partial charge in [-0.2, -0.15) is 0 Å². The van der Waals surface area contributed by atoms with Crippen molar-refractivity contribution in [2.24, 2.45) is 0 Å². The van der Waals surface area contributed by atoms with E-state index in [1.165, 1.54) is 27.2 Å². The highest BCUT2D eigenvalue weighted by Gasteiger charge is 2.19. The fraction of sp³-hybridized carbons (Fsp3) is 0. The van der Waals surface area contributed by atoms with Crippen LogP contribution in [0.15, 0.2) is 200 Å². The van der Waals surface area contributed by atoms with Gasteiger partial charge in [0.15, 0.2) is 11.4 Å². The number of aromatic nitrogens is 3. The van der Waals surface area contributed by atoms with Crippen LogP contribution in [-0.2, 0) is 0 Å². The average Bonchev–Trinajstić information content (AvgIpc) is 3.96. The van der Waals surface area contributed by atoms with Gasteiger partial charge in [-0.15, -0.1) is 0 Å². The van der Waals surface area contributed by atoms with E-state index in [4.69, 9.17) is 13.1 Å². The van der Waals surface area contributed by atoms with Crippen LogP contribution in [0.25, 0.3) is 114 Å². The van der Waals surface area contributed by atoms with E-state index < -0.39 is 0 Å². The van der Waals surface area contributed by atoms with Crippen LogP contribution in [0.2, 0.25) is 0 Å². The molecule has 0 aliphatic heterocycles. The normalized spacial score (nSPS) is 11.6. The minimum absolute atomic E-state index is 0.590. The van der Waals surface area contributed by atoms with Gasteiger partial charge in [0.2, 0.25) is 0 Å². The SMILES string of the molecule is [C-]#[N+]c1ccc2c(c1)c1cc(-c3ccccc3)ccc1n2-c1cccc(-c2cc(-n3c4ccccc4c4cc(-n5c6ccccc6c6ccccc65)ccc43)ccc2[N+]#[C-])c1. The van der Waals surface area contributed by atoms with Gasteiger partial charge in [0.05, 0.1) is 46.2 Å². The number of para-hydroxylation sites is 3. The maximum absolute atomic E-state index is 8.27. The summed E-state index contributed by atoms with van der Waals surface area (Å²) in [7, 11) is 0. The number of fused-ring (bicyclic) bond motifs is 9. The predicted octanol–water partition coefficient (Wildman–Crippen LogP) is 15.4. The van der Waals surface area contributed by atoms with E-state index in [1.807, 2.05) is 24.3 Å². The van der Waals surface area contributed by atoms with Crippen LogP contribution in [0.5, 0.6) is 0 Å². The molecule has 0 spiro atoms. The largest absolute Gasteiger partial charge is 0.309 e. The van der Waals surface area contributed by atoms with Crippen molar-refractivity contribution in [1.82, 2.24) is 13.7 Å². The second kappa shape index (κ2) is 13.5. The number of hydrogen-bond acceptors (Lipinski definition) is 0. The van der Waals surface area contributed by atoms with E-state index in [0.29, 0.717) is 11.4 Å². The first-order chi connectivity index (χ1) is 30.2. The summed E-state index contributed by atoms with van der Waals surface area (Å²) in [5.74, 6) is 0. The molecule has 9 aromatic carbocycles. The molecule has 3 aromatic heterocycles. The average molecular weight is 776 g/mol. The van der Waals surface area contributed by atoms with Crippen LogP contribution in [0.1, 0.15) is 0 Å². The lowest BCUT2D eigenvalue weighted by molar-refractivity contribution is 1.16. The molecule has 0 saturated carbocycles. The van der Waals surface area contributed by atoms with Crippen molar-refractivity contribution in [2.45, 2.75) is 0 Å². The summed E-state index contributed by atoms with van der Waals surface area (Å²) < 4.78 is 6.97. The van der Waals surface area contributed by atoms with Crippen LogP contribution in [0.4, 0.5) is 11.4 Å². The molecule has 3 heterocycles. The molecule has 0 radical (unpaired) electrons. The summed E-state index contributed by atoms with van der Waals surface area (Å²) in [5.41, 5.74) is 15.0. The molecule has 0 amide bonds. The maximum Gasteiger partial charge on any atom is 0.195 e. The molecule has 5 heteroatoms. The first kappa shape index (κ1) is 34.4. The van der Waals surface area contributed by atoms with E-state index in [1.54, 1.807) is 0 Å². The topological polar surface area (TPSA) is 23.5 Å². The van der Waals surface area contributed by atoms with Gasteiger partial charge < -0.3 is 13.7 Å². The predicted molar refractivity (Wildman–Crippen MR) is 253 cm³/mol.